The van der Waals surface area contributed by atoms with Gasteiger partial charge in [0.2, 0.25) is 0 Å². The number of fused-ring (bicyclic) bond motifs is 2. The minimum Gasteiger partial charge on any atom is -0.481 e. The van der Waals surface area contributed by atoms with E-state index in [1.165, 1.54) is 6.42 Å². The maximum Gasteiger partial charge on any atom is 0.308 e. The van der Waals surface area contributed by atoms with Gasteiger partial charge >= 0.3 is 5.97 Å². The van der Waals surface area contributed by atoms with Gasteiger partial charge in [0.1, 0.15) is 0 Å². The first kappa shape index (κ1) is 12.8. The molecule has 0 aromatic carbocycles. The molecule has 2 aliphatic carbocycles. The smallest absolute Gasteiger partial charge is 0.308 e. The van der Waals surface area contributed by atoms with Crippen LogP contribution in [-0.4, -0.2) is 36.9 Å². The molecule has 2 N–H and O–H groups in total. The monoisotopic (exact) mass is 241 g/mol. The second-order valence-electron chi connectivity index (χ2n) is 5.57. The van der Waals surface area contributed by atoms with Crippen molar-refractivity contribution in [3.63, 3.8) is 0 Å². The number of aliphatic carboxylic acids is 1. The summed E-state index contributed by atoms with van der Waals surface area (Å²) in [4.78, 5) is 11.3. The van der Waals surface area contributed by atoms with Gasteiger partial charge in [-0.3, -0.25) is 4.79 Å². The van der Waals surface area contributed by atoms with E-state index in [-0.39, 0.29) is 12.0 Å². The van der Waals surface area contributed by atoms with E-state index in [4.69, 9.17) is 4.74 Å². The fraction of sp³-hybridized carbons (Fsp3) is 0.923. The molecule has 2 aliphatic rings. The predicted molar refractivity (Wildman–Crippen MR) is 64.8 cm³/mol. The third-order valence-corrected chi connectivity index (χ3v) is 4.43. The van der Waals surface area contributed by atoms with Gasteiger partial charge in [-0.1, -0.05) is 0 Å². The van der Waals surface area contributed by atoms with Crippen molar-refractivity contribution in [2.75, 3.05) is 13.7 Å². The van der Waals surface area contributed by atoms with E-state index < -0.39 is 5.97 Å². The number of rotatable bonds is 6. The van der Waals surface area contributed by atoms with Crippen molar-refractivity contribution in [1.29, 1.82) is 0 Å². The first-order chi connectivity index (χ1) is 8.13. The Hall–Kier alpha value is -0.610. The van der Waals surface area contributed by atoms with E-state index in [1.54, 1.807) is 7.11 Å². The molecule has 2 fully saturated rings. The Labute approximate surface area is 103 Å². The molecule has 0 aromatic rings. The van der Waals surface area contributed by atoms with Crippen LogP contribution in [0.3, 0.4) is 0 Å². The molecule has 17 heavy (non-hydrogen) atoms. The Balaban J connectivity index is 1.92. The lowest BCUT2D eigenvalue weighted by Gasteiger charge is -2.31. The van der Waals surface area contributed by atoms with Crippen LogP contribution in [-0.2, 0) is 9.53 Å². The number of hydrogen-bond acceptors (Lipinski definition) is 3. The molecule has 5 atom stereocenters. The van der Waals surface area contributed by atoms with Crippen LogP contribution in [0.5, 0.6) is 0 Å². The van der Waals surface area contributed by atoms with E-state index in [0.717, 1.165) is 25.9 Å². The number of carboxylic acid groups (broad SMARTS) is 1. The van der Waals surface area contributed by atoms with E-state index in [9.17, 15) is 9.90 Å². The Kier molecular flexibility index (Phi) is 4.05. The minimum absolute atomic E-state index is 0.168. The van der Waals surface area contributed by atoms with Crippen molar-refractivity contribution in [2.45, 2.75) is 44.7 Å². The lowest BCUT2D eigenvalue weighted by atomic mass is 9.84. The summed E-state index contributed by atoms with van der Waals surface area (Å²) in [6, 6.07) is 0.513. The number of nitrogens with one attached hydrogen (secondary N) is 1. The van der Waals surface area contributed by atoms with Crippen LogP contribution in [0.15, 0.2) is 0 Å². The van der Waals surface area contributed by atoms with Crippen molar-refractivity contribution in [3.8, 4) is 0 Å². The fourth-order valence-corrected chi connectivity index (χ4v) is 3.59. The summed E-state index contributed by atoms with van der Waals surface area (Å²) >= 11 is 0. The van der Waals surface area contributed by atoms with Crippen molar-refractivity contribution in [2.24, 2.45) is 17.8 Å². The lowest BCUT2D eigenvalue weighted by Crippen LogP contribution is -2.47. The molecule has 4 nitrogen and oxygen atoms in total. The Morgan fingerprint density at radius 3 is 2.82 bits per heavy atom. The highest BCUT2D eigenvalue weighted by Crippen LogP contribution is 2.48. The average Bonchev–Trinajstić information content (AvgIpc) is 2.86. The van der Waals surface area contributed by atoms with Gasteiger partial charge in [0.15, 0.2) is 0 Å². The molecule has 0 spiro atoms. The molecule has 5 unspecified atom stereocenters. The van der Waals surface area contributed by atoms with E-state index in [1.807, 2.05) is 0 Å². The third kappa shape index (κ3) is 2.63. The summed E-state index contributed by atoms with van der Waals surface area (Å²) in [7, 11) is 1.70. The van der Waals surface area contributed by atoms with Crippen molar-refractivity contribution < 1.29 is 14.6 Å². The summed E-state index contributed by atoms with van der Waals surface area (Å²) in [5, 5.41) is 12.8. The predicted octanol–water partition coefficient (Wildman–Crippen LogP) is 1.50. The molecule has 0 saturated heterocycles. The summed E-state index contributed by atoms with van der Waals surface area (Å²) in [6.45, 7) is 2.84. The largest absolute Gasteiger partial charge is 0.481 e. The molecule has 0 radical (unpaired) electrons. The van der Waals surface area contributed by atoms with Gasteiger partial charge < -0.3 is 15.2 Å². The van der Waals surface area contributed by atoms with Gasteiger partial charge in [0.05, 0.1) is 5.92 Å². The molecular weight excluding hydrogens is 218 g/mol. The highest BCUT2D eigenvalue weighted by atomic mass is 16.5. The zero-order valence-electron chi connectivity index (χ0n) is 10.7. The van der Waals surface area contributed by atoms with Crippen molar-refractivity contribution in [1.82, 2.24) is 5.32 Å². The Bertz CT molecular complexity index is 282. The summed E-state index contributed by atoms with van der Waals surface area (Å²) in [5.74, 6) is 0.197. The quantitative estimate of drug-likeness (QED) is 0.740. The maximum absolute atomic E-state index is 11.3. The fourth-order valence-electron chi connectivity index (χ4n) is 3.59. The van der Waals surface area contributed by atoms with Crippen LogP contribution in [0.4, 0.5) is 0 Å². The number of ether oxygens (including phenoxy) is 1. The van der Waals surface area contributed by atoms with Crippen LogP contribution in [0.2, 0.25) is 0 Å². The molecule has 2 rings (SSSR count). The van der Waals surface area contributed by atoms with Gasteiger partial charge in [-0.25, -0.2) is 0 Å². The molecule has 0 heterocycles. The molecule has 0 amide bonds. The molecule has 2 saturated carbocycles. The number of hydrogen-bond donors (Lipinski definition) is 2. The molecule has 2 bridgehead atoms. The first-order valence-electron chi connectivity index (χ1n) is 6.61. The van der Waals surface area contributed by atoms with Crippen LogP contribution in [0, 0.1) is 17.8 Å². The van der Waals surface area contributed by atoms with E-state index >= 15 is 0 Å². The standard InChI is InChI=1S/C13H23NO3/c1-8(5-6-17-2)14-12-10-4-3-9(7-10)11(12)13(15)16/h8-12,14H,3-7H2,1-2H3,(H,15,16). The Morgan fingerprint density at radius 2 is 2.18 bits per heavy atom. The molecule has 98 valence electrons. The van der Waals surface area contributed by atoms with Gasteiger partial charge in [0.25, 0.3) is 0 Å². The second kappa shape index (κ2) is 5.36. The SMILES string of the molecule is COCCC(C)NC1C2CCC(C2)C1C(=O)O. The van der Waals surface area contributed by atoms with Crippen molar-refractivity contribution in [3.05, 3.63) is 0 Å². The van der Waals surface area contributed by atoms with Gasteiger partial charge in [0, 0.05) is 25.8 Å². The zero-order valence-corrected chi connectivity index (χ0v) is 10.7. The van der Waals surface area contributed by atoms with E-state index in [2.05, 4.69) is 12.2 Å². The molecule has 0 aromatic heterocycles. The minimum atomic E-state index is -0.617. The van der Waals surface area contributed by atoms with Crippen molar-refractivity contribution >= 4 is 5.97 Å². The van der Waals surface area contributed by atoms with Crippen LogP contribution in [0.25, 0.3) is 0 Å². The van der Waals surface area contributed by atoms with Crippen LogP contribution >= 0.6 is 0 Å². The van der Waals surface area contributed by atoms with E-state index in [0.29, 0.717) is 17.9 Å². The summed E-state index contributed by atoms with van der Waals surface area (Å²) in [5.41, 5.74) is 0. The first-order valence-corrected chi connectivity index (χ1v) is 6.61. The van der Waals surface area contributed by atoms with Gasteiger partial charge in [-0.15, -0.1) is 0 Å². The topological polar surface area (TPSA) is 58.6 Å². The average molecular weight is 241 g/mol. The van der Waals surface area contributed by atoms with Crippen LogP contribution < -0.4 is 5.32 Å². The Morgan fingerprint density at radius 1 is 1.47 bits per heavy atom. The number of carbonyl (C=O) groups is 1. The highest BCUT2D eigenvalue weighted by Gasteiger charge is 2.51. The third-order valence-electron chi connectivity index (χ3n) is 4.43. The number of methoxy groups -OCH3 is 1. The highest BCUT2D eigenvalue weighted by molar-refractivity contribution is 5.72. The molecular formula is C13H23NO3. The lowest BCUT2D eigenvalue weighted by molar-refractivity contribution is -0.144. The van der Waals surface area contributed by atoms with Gasteiger partial charge in [-0.2, -0.15) is 0 Å². The summed E-state index contributed by atoms with van der Waals surface area (Å²) < 4.78 is 5.06. The van der Waals surface area contributed by atoms with Gasteiger partial charge in [-0.05, 0) is 44.4 Å². The maximum atomic E-state index is 11.3. The normalized spacial score (nSPS) is 37.3. The zero-order chi connectivity index (χ0) is 12.4. The summed E-state index contributed by atoms with van der Waals surface area (Å²) in [6.07, 6.45) is 4.34. The molecule has 4 heteroatoms. The number of carboxylic acids is 1. The second-order valence-corrected chi connectivity index (χ2v) is 5.57. The molecule has 0 aliphatic heterocycles. The van der Waals surface area contributed by atoms with Crippen LogP contribution in [0.1, 0.15) is 32.6 Å².